The molecular weight excluding hydrogens is 296 g/mol. The third kappa shape index (κ3) is 6.18. The summed E-state index contributed by atoms with van der Waals surface area (Å²) in [7, 11) is 0. The molecule has 0 unspecified atom stereocenters. The molecule has 1 rings (SSSR count). The fourth-order valence-electron chi connectivity index (χ4n) is 4.37. The molecule has 0 bridgehead atoms. The summed E-state index contributed by atoms with van der Waals surface area (Å²) < 4.78 is 0. The van der Waals surface area contributed by atoms with Crippen molar-refractivity contribution in [3.05, 3.63) is 29.3 Å². The van der Waals surface area contributed by atoms with Gasteiger partial charge in [-0.2, -0.15) is 0 Å². The van der Waals surface area contributed by atoms with E-state index in [0.717, 1.165) is 17.7 Å². The van der Waals surface area contributed by atoms with Gasteiger partial charge in [0.1, 0.15) is 0 Å². The molecule has 1 heteroatoms. The van der Waals surface area contributed by atoms with Crippen LogP contribution in [0.4, 0.5) is 0 Å². The molecule has 0 aliphatic heterocycles. The molecule has 0 aromatic heterocycles. The second-order valence-electron chi connectivity index (χ2n) is 11.0. The van der Waals surface area contributed by atoms with Crippen molar-refractivity contribution in [1.82, 2.24) is 0 Å². The smallest absolute Gasteiger partial charge is 0.00804 e. The molecule has 0 saturated carbocycles. The molecular formula is C22H38S. The normalized spacial score (nSPS) is 14.2. The summed E-state index contributed by atoms with van der Waals surface area (Å²) in [6, 6.07) is 6.94. The Hall–Kier alpha value is -0.430. The summed E-state index contributed by atoms with van der Waals surface area (Å²) in [5.74, 6) is 0. The Labute approximate surface area is 150 Å². The van der Waals surface area contributed by atoms with Crippen LogP contribution in [0.2, 0.25) is 0 Å². The van der Waals surface area contributed by atoms with E-state index >= 15 is 0 Å². The fraction of sp³-hybridized carbons (Fsp3) is 0.727. The third-order valence-electron chi connectivity index (χ3n) is 4.45. The van der Waals surface area contributed by atoms with Gasteiger partial charge < -0.3 is 0 Å². The summed E-state index contributed by atoms with van der Waals surface area (Å²) in [6.45, 7) is 23.3. The molecule has 132 valence electrons. The van der Waals surface area contributed by atoms with E-state index < -0.39 is 0 Å². The molecule has 1 aromatic rings. The lowest BCUT2D eigenvalue weighted by molar-refractivity contribution is 0.278. The van der Waals surface area contributed by atoms with Gasteiger partial charge in [-0.1, -0.05) is 81.4 Å². The summed E-state index contributed by atoms with van der Waals surface area (Å²) in [5.41, 5.74) is 3.71. The van der Waals surface area contributed by atoms with E-state index in [-0.39, 0.29) is 10.8 Å². The lowest BCUT2D eigenvalue weighted by Gasteiger charge is -2.36. The zero-order valence-corrected chi connectivity index (χ0v) is 18.0. The van der Waals surface area contributed by atoms with E-state index in [1.54, 1.807) is 0 Å². The number of rotatable bonds is 4. The Morgan fingerprint density at radius 2 is 1.13 bits per heavy atom. The minimum atomic E-state index is 0.141. The predicted molar refractivity (Wildman–Crippen MR) is 108 cm³/mol. The van der Waals surface area contributed by atoms with Gasteiger partial charge in [-0.25, -0.2) is 0 Å². The summed E-state index contributed by atoms with van der Waals surface area (Å²) in [4.78, 5) is 1.14. The molecule has 23 heavy (non-hydrogen) atoms. The first-order valence-corrected chi connectivity index (χ1v) is 9.32. The van der Waals surface area contributed by atoms with E-state index in [0.29, 0.717) is 10.8 Å². The van der Waals surface area contributed by atoms with E-state index in [2.05, 4.69) is 87.4 Å². The first-order chi connectivity index (χ1) is 10.0. The molecule has 0 nitrogen and oxygen atoms in total. The van der Waals surface area contributed by atoms with Crippen LogP contribution < -0.4 is 0 Å². The highest BCUT2D eigenvalue weighted by molar-refractivity contribution is 7.80. The Balaban J connectivity index is 3.16. The van der Waals surface area contributed by atoms with E-state index in [4.69, 9.17) is 12.6 Å². The first-order valence-electron chi connectivity index (χ1n) is 8.88. The average molecular weight is 335 g/mol. The first kappa shape index (κ1) is 20.6. The minimum absolute atomic E-state index is 0.141. The second kappa shape index (κ2) is 6.47. The third-order valence-corrected chi connectivity index (χ3v) is 4.82. The highest BCUT2D eigenvalue weighted by Gasteiger charge is 2.31. The SMILES string of the molecule is CC(C)(C)CC(C)(C)c1ccc(C(C)(C)CC(C)(C)C)c(S)c1. The van der Waals surface area contributed by atoms with Gasteiger partial charge in [0.05, 0.1) is 0 Å². The van der Waals surface area contributed by atoms with Crippen LogP contribution in [0.5, 0.6) is 0 Å². The number of hydrogen-bond acceptors (Lipinski definition) is 1. The van der Waals surface area contributed by atoms with E-state index in [1.165, 1.54) is 11.1 Å². The molecule has 0 atom stereocenters. The van der Waals surface area contributed by atoms with E-state index in [9.17, 15) is 0 Å². The van der Waals surface area contributed by atoms with Crippen LogP contribution in [0.1, 0.15) is 93.2 Å². The molecule has 0 fully saturated rings. The Morgan fingerprint density at radius 1 is 0.696 bits per heavy atom. The van der Waals surface area contributed by atoms with Crippen molar-refractivity contribution in [2.75, 3.05) is 0 Å². The highest BCUT2D eigenvalue weighted by atomic mass is 32.1. The van der Waals surface area contributed by atoms with Crippen LogP contribution >= 0.6 is 12.6 Å². The van der Waals surface area contributed by atoms with Crippen LogP contribution in [0.25, 0.3) is 0 Å². The topological polar surface area (TPSA) is 0 Å². The van der Waals surface area contributed by atoms with Crippen LogP contribution in [0, 0.1) is 10.8 Å². The molecule has 0 aliphatic rings. The van der Waals surface area contributed by atoms with Crippen molar-refractivity contribution in [2.45, 2.75) is 97.8 Å². The number of thiol groups is 1. The van der Waals surface area contributed by atoms with Crippen molar-refractivity contribution >= 4 is 12.6 Å². The monoisotopic (exact) mass is 334 g/mol. The van der Waals surface area contributed by atoms with Crippen molar-refractivity contribution < 1.29 is 0 Å². The molecule has 0 heterocycles. The van der Waals surface area contributed by atoms with Crippen molar-refractivity contribution in [2.24, 2.45) is 10.8 Å². The summed E-state index contributed by atoms with van der Waals surface area (Å²) in [5, 5.41) is 0. The number of benzene rings is 1. The molecule has 0 spiro atoms. The van der Waals surface area contributed by atoms with Crippen molar-refractivity contribution in [3.63, 3.8) is 0 Å². The van der Waals surface area contributed by atoms with Gasteiger partial charge in [0.15, 0.2) is 0 Å². The van der Waals surface area contributed by atoms with Gasteiger partial charge in [-0.05, 0) is 51.7 Å². The number of hydrogen-bond donors (Lipinski definition) is 1. The standard InChI is InChI=1S/C22H38S/c1-19(2,3)14-21(7,8)16-11-12-17(18(23)13-16)22(9,10)15-20(4,5)6/h11-13,23H,14-15H2,1-10H3. The summed E-state index contributed by atoms with van der Waals surface area (Å²) >= 11 is 4.85. The lowest BCUT2D eigenvalue weighted by atomic mass is 9.70. The molecule has 0 radical (unpaired) electrons. The fourth-order valence-corrected chi connectivity index (χ4v) is 4.89. The molecule has 0 aliphatic carbocycles. The van der Waals surface area contributed by atoms with Gasteiger partial charge in [-0.15, -0.1) is 12.6 Å². The zero-order valence-electron chi connectivity index (χ0n) is 17.1. The predicted octanol–water partition coefficient (Wildman–Crippen LogP) is 7.40. The van der Waals surface area contributed by atoms with Crippen molar-refractivity contribution in [1.29, 1.82) is 0 Å². The molecule has 1 aromatic carbocycles. The Morgan fingerprint density at radius 3 is 1.52 bits per heavy atom. The maximum absolute atomic E-state index is 4.85. The molecule has 0 amide bonds. The van der Waals surface area contributed by atoms with Gasteiger partial charge in [0.2, 0.25) is 0 Å². The quantitative estimate of drug-likeness (QED) is 0.545. The summed E-state index contributed by atoms with van der Waals surface area (Å²) in [6.07, 6.45) is 2.32. The Bertz CT molecular complexity index is 536. The van der Waals surface area contributed by atoms with Crippen LogP contribution in [0.15, 0.2) is 23.1 Å². The molecule has 0 N–H and O–H groups in total. The van der Waals surface area contributed by atoms with Crippen LogP contribution in [-0.2, 0) is 10.8 Å². The average Bonchev–Trinajstić information content (AvgIpc) is 2.21. The van der Waals surface area contributed by atoms with Crippen LogP contribution in [0.3, 0.4) is 0 Å². The van der Waals surface area contributed by atoms with Gasteiger partial charge >= 0.3 is 0 Å². The van der Waals surface area contributed by atoms with Gasteiger partial charge in [0.25, 0.3) is 0 Å². The largest absolute Gasteiger partial charge is 0.143 e. The van der Waals surface area contributed by atoms with Crippen LogP contribution in [-0.4, -0.2) is 0 Å². The second-order valence-corrected chi connectivity index (χ2v) is 11.5. The lowest BCUT2D eigenvalue weighted by Crippen LogP contribution is -2.27. The molecule has 0 saturated heterocycles. The maximum Gasteiger partial charge on any atom is 0.00804 e. The van der Waals surface area contributed by atoms with Crippen molar-refractivity contribution in [3.8, 4) is 0 Å². The zero-order chi connectivity index (χ0) is 18.3. The highest BCUT2D eigenvalue weighted by Crippen LogP contribution is 2.42. The van der Waals surface area contributed by atoms with E-state index in [1.807, 2.05) is 0 Å². The Kier molecular flexibility index (Phi) is 5.80. The maximum atomic E-state index is 4.85. The van der Waals surface area contributed by atoms with Gasteiger partial charge in [-0.3, -0.25) is 0 Å². The van der Waals surface area contributed by atoms with Gasteiger partial charge in [0, 0.05) is 4.90 Å². The minimum Gasteiger partial charge on any atom is -0.143 e.